The molecular formula is C84H90Cl2N8O28. The molecule has 7 aromatic carbocycles. The molecule has 8 amide bonds. The Bertz CT molecular complexity index is 5130. The lowest BCUT2D eigenvalue weighted by atomic mass is 9.84. The number of carbonyl (C=O) groups excluding carboxylic acids is 10. The summed E-state index contributed by atoms with van der Waals surface area (Å²) in [6.45, 7) is 4.91. The van der Waals surface area contributed by atoms with E-state index in [2.05, 4.69) is 31.9 Å². The second kappa shape index (κ2) is 38.0. The van der Waals surface area contributed by atoms with Crippen LogP contribution in [-0.2, 0) is 80.0 Å². The number of carbonyl (C=O) groups is 10. The zero-order chi connectivity index (χ0) is 88.0. The average molecular weight is 1730 g/mol. The Morgan fingerprint density at radius 3 is 1.88 bits per heavy atom. The zero-order valence-corrected chi connectivity index (χ0v) is 67.7. The molecule has 7 aliphatic heterocycles. The van der Waals surface area contributed by atoms with Gasteiger partial charge < -0.3 is 126 Å². The van der Waals surface area contributed by atoms with Crippen LogP contribution in [0.3, 0.4) is 0 Å². The number of rotatable bonds is 18. The van der Waals surface area contributed by atoms with E-state index in [4.69, 9.17) is 71.6 Å². The number of ketones is 1. The Hall–Kier alpha value is -11.9. The third-order valence-electron chi connectivity index (χ3n) is 21.4. The van der Waals surface area contributed by atoms with Crippen molar-refractivity contribution in [3.8, 4) is 57.1 Å². The highest BCUT2D eigenvalue weighted by atomic mass is 35.5. The molecule has 2 fully saturated rings. The van der Waals surface area contributed by atoms with Gasteiger partial charge in [0.25, 0.3) is 0 Å². The van der Waals surface area contributed by atoms with Gasteiger partial charge in [0, 0.05) is 42.6 Å². The van der Waals surface area contributed by atoms with Crippen LogP contribution in [0.2, 0.25) is 10.0 Å². The molecule has 0 radical (unpaired) electrons. The molecule has 1 unspecified atom stereocenters. The van der Waals surface area contributed by atoms with Crippen molar-refractivity contribution in [1.82, 2.24) is 36.8 Å². The number of benzene rings is 7. The van der Waals surface area contributed by atoms with E-state index < -0.39 is 273 Å². The fourth-order valence-electron chi connectivity index (χ4n) is 15.0. The number of primary amides is 1. The van der Waals surface area contributed by atoms with Crippen LogP contribution < -0.4 is 51.8 Å². The first-order chi connectivity index (χ1) is 58.0. The van der Waals surface area contributed by atoms with Gasteiger partial charge in [-0.05, 0) is 114 Å². The summed E-state index contributed by atoms with van der Waals surface area (Å²) in [6, 6.07) is 18.6. The minimum Gasteiger partial charge on any atom is -0.508 e. The number of aliphatic hydroxyl groups is 6. The SMILES string of the molecule is COC(=O)C1NC(=O)[C@H]2CC(=O)[C@H](NC(=O)[C@@H]3NC(=O)[C@H](CC(N)=O)NC(=O)[C@H](NC(=O)[C@@H](CC(C)C)N(C)C(=O)OCc4ccccc4)[C@H](O)c4ccc(c(Cl)c4)Oc4cc3cc(c4O[C@@H]3O[C@H](CO)[C@@H](O)[C@H](O)[C@H]3O[C@H]3C[C@](C)(NC(=O)OCc4ccccc4)[C@H](O)[C@H](C)O3)Oc3ccc(cc3Cl)[C@@H]2O)c2ccc(O)c(c2)-c2c(O)cc(O)cc21. The molecule has 648 valence electrons. The molecule has 36 nitrogen and oxygen atoms in total. The van der Waals surface area contributed by atoms with Crippen molar-refractivity contribution in [2.24, 2.45) is 17.6 Å². The van der Waals surface area contributed by atoms with Crippen molar-refractivity contribution in [3.63, 3.8) is 0 Å². The minimum atomic E-state index is -2.40. The van der Waals surface area contributed by atoms with Gasteiger partial charge in [-0.3, -0.25) is 38.5 Å². The number of phenols is 3. The van der Waals surface area contributed by atoms with Gasteiger partial charge in [-0.25, -0.2) is 14.4 Å². The summed E-state index contributed by atoms with van der Waals surface area (Å²) in [5.74, 6) is -17.9. The lowest BCUT2D eigenvalue weighted by Crippen LogP contribution is -2.66. The molecule has 0 aromatic heterocycles. The topological polar surface area (TPSA) is 537 Å². The molecule has 38 heteroatoms. The second-order valence-corrected chi connectivity index (χ2v) is 31.4. The van der Waals surface area contributed by atoms with Crippen molar-refractivity contribution >= 4 is 82.6 Å². The number of likely N-dealkylation sites (N-methyl/N-ethyl adjacent to an activating group) is 1. The van der Waals surface area contributed by atoms with Crippen LogP contribution in [0.4, 0.5) is 9.59 Å². The van der Waals surface area contributed by atoms with Crippen LogP contribution in [0.1, 0.15) is 123 Å². The largest absolute Gasteiger partial charge is 0.508 e. The maximum atomic E-state index is 16.4. The Morgan fingerprint density at radius 1 is 0.672 bits per heavy atom. The second-order valence-electron chi connectivity index (χ2n) is 30.6. The summed E-state index contributed by atoms with van der Waals surface area (Å²) in [7, 11) is 2.20. The van der Waals surface area contributed by atoms with E-state index >= 15 is 24.0 Å². The number of Topliss-reactive ketones (excluding diaryl/α,β-unsaturated/α-hetero) is 1. The average Bonchev–Trinajstić information content (AvgIpc) is 0.764. The highest BCUT2D eigenvalue weighted by molar-refractivity contribution is 6.32. The zero-order valence-electron chi connectivity index (χ0n) is 66.2. The number of phenolic OH excluding ortho intramolecular Hbond substituents is 3. The van der Waals surface area contributed by atoms with E-state index in [0.717, 1.165) is 78.7 Å². The molecule has 14 rings (SSSR count). The number of nitrogens with one attached hydrogen (secondary N) is 6. The minimum absolute atomic E-state index is 0.0884. The molecule has 18 atom stereocenters. The number of nitrogens with zero attached hydrogens (tertiary/aromatic N) is 1. The summed E-state index contributed by atoms with van der Waals surface area (Å²) in [5, 5.41) is 121. The number of halogens is 2. The predicted molar refractivity (Wildman–Crippen MR) is 426 cm³/mol. The maximum absolute atomic E-state index is 16.4. The number of aliphatic hydroxyl groups excluding tert-OH is 6. The number of hydrogen-bond donors (Lipinski definition) is 16. The van der Waals surface area contributed by atoms with E-state index in [1.54, 1.807) is 74.5 Å². The summed E-state index contributed by atoms with van der Waals surface area (Å²) < 4.78 is 55.4. The summed E-state index contributed by atoms with van der Waals surface area (Å²) in [4.78, 5) is 149. The molecule has 7 aromatic rings. The van der Waals surface area contributed by atoms with E-state index in [0.29, 0.717) is 11.1 Å². The molecule has 11 bridgehead atoms. The predicted octanol–water partition coefficient (Wildman–Crippen LogP) is 5.30. The van der Waals surface area contributed by atoms with E-state index in [1.165, 1.54) is 33.0 Å². The van der Waals surface area contributed by atoms with Crippen molar-refractivity contribution in [3.05, 3.63) is 189 Å². The Kier molecular flexibility index (Phi) is 27.8. The normalized spacial score (nSPS) is 26.2. The number of nitrogens with two attached hydrogens (primary N) is 1. The molecule has 0 saturated carbocycles. The van der Waals surface area contributed by atoms with Gasteiger partial charge in [0.1, 0.15) is 103 Å². The fraction of sp³-hybridized carbons (Fsp3) is 0.381. The molecule has 17 N–H and O–H groups in total. The van der Waals surface area contributed by atoms with Gasteiger partial charge in [0.2, 0.25) is 47.5 Å². The van der Waals surface area contributed by atoms with Crippen LogP contribution in [-0.4, -0.2) is 204 Å². The molecule has 0 spiro atoms. The quantitative estimate of drug-likeness (QED) is 0.0383. The first kappa shape index (κ1) is 89.3. The Balaban J connectivity index is 1.04. The standard InChI is InChI=1S/C84H90Cl2N8O28/c1-37(2)23-52(94(5)83(113)116-36-40-15-11-8-12-16-40)77(108)92-67-69(102)43-19-22-57(50(86)26-43)119-59-28-44-27-58(72(59)122-81-73(71(104)70(103)60(34-95)120-81)121-62-33-84(4,74(105)38(3)117-62)93-82(112)115-35-39-13-9-7-10-14-39)118-56-21-18-42(25-49(56)85)68(101)48-31-55(99)64(89-78(109)65(44)90-76(107)51(32-61(87)100)88-79(67)110)41-17-20-53(97)46(24-41)63-47(29-45(96)30-54(63)98)66(80(111)114-6)91-75(48)106/h7-22,24-30,37-38,48,51-52,60,62,64-71,73-74,81,95-98,101-105H,23,31-36H2,1-6H3,(H2,87,100)(H,88,110)(H,89,109)(H,90,107)(H,91,106)(H,92,108)(H,93,112)/t38-,48-,51-,52+,60+,62-,64+,65+,66?,67+,68-,69+,70+,71-,73+,74+,81-,84-/m0/s1. The summed E-state index contributed by atoms with van der Waals surface area (Å²) in [6.07, 6.45) is -23.4. The fourth-order valence-corrected chi connectivity index (χ4v) is 15.4. The van der Waals surface area contributed by atoms with Gasteiger partial charge in [-0.15, -0.1) is 0 Å². The van der Waals surface area contributed by atoms with Crippen molar-refractivity contribution in [2.75, 3.05) is 20.8 Å². The smallest absolute Gasteiger partial charge is 0.410 e. The van der Waals surface area contributed by atoms with Crippen LogP contribution in [0.25, 0.3) is 11.1 Å². The van der Waals surface area contributed by atoms with Crippen LogP contribution in [0.5, 0.6) is 46.0 Å². The van der Waals surface area contributed by atoms with Crippen molar-refractivity contribution in [1.29, 1.82) is 0 Å². The molecule has 7 heterocycles. The van der Waals surface area contributed by atoms with Crippen molar-refractivity contribution in [2.45, 2.75) is 170 Å². The third-order valence-corrected chi connectivity index (χ3v) is 22.0. The number of amides is 8. The van der Waals surface area contributed by atoms with Crippen LogP contribution >= 0.6 is 23.2 Å². The van der Waals surface area contributed by atoms with Gasteiger partial charge in [0.15, 0.2) is 35.7 Å². The van der Waals surface area contributed by atoms with Gasteiger partial charge >= 0.3 is 18.2 Å². The molecule has 122 heavy (non-hydrogen) atoms. The lowest BCUT2D eigenvalue weighted by molar-refractivity contribution is -0.334. The first-order valence-corrected chi connectivity index (χ1v) is 39.3. The monoisotopic (exact) mass is 1730 g/mol. The number of methoxy groups -OCH3 is 1. The summed E-state index contributed by atoms with van der Waals surface area (Å²) >= 11 is 14.4. The summed E-state index contributed by atoms with van der Waals surface area (Å²) in [5.41, 5.74) is 2.82. The highest BCUT2D eigenvalue weighted by Gasteiger charge is 2.53. The Morgan fingerprint density at radius 2 is 1.28 bits per heavy atom. The molecule has 7 aliphatic rings. The highest BCUT2D eigenvalue weighted by Crippen LogP contribution is 2.51. The third kappa shape index (κ3) is 20.0. The van der Waals surface area contributed by atoms with E-state index in [1.807, 2.05) is 0 Å². The molecule has 2 saturated heterocycles. The van der Waals surface area contributed by atoms with Gasteiger partial charge in [-0.2, -0.15) is 0 Å². The van der Waals surface area contributed by atoms with Gasteiger partial charge in [-0.1, -0.05) is 116 Å². The van der Waals surface area contributed by atoms with Crippen LogP contribution in [0.15, 0.2) is 140 Å². The number of fused-ring (bicyclic) bond motifs is 15. The van der Waals surface area contributed by atoms with Crippen LogP contribution in [0, 0.1) is 11.8 Å². The Labute approximate surface area is 706 Å². The maximum Gasteiger partial charge on any atom is 0.410 e. The number of aromatic hydroxyl groups is 3. The molecule has 0 aliphatic carbocycles. The number of hydrogen-bond acceptors (Lipinski definition) is 28. The number of ether oxygens (including phenoxy) is 9. The number of alkyl carbamates (subject to hydrolysis) is 1. The van der Waals surface area contributed by atoms with Crippen molar-refractivity contribution < 1.29 is 137 Å². The van der Waals surface area contributed by atoms with Gasteiger partial charge in [0.05, 0.1) is 53.8 Å². The van der Waals surface area contributed by atoms with E-state index in [-0.39, 0.29) is 42.2 Å². The first-order valence-electron chi connectivity index (χ1n) is 38.5. The lowest BCUT2D eigenvalue weighted by Gasteiger charge is -2.48. The van der Waals surface area contributed by atoms with E-state index in [9.17, 15) is 69.9 Å². The number of esters is 1. The molecular weight excluding hydrogens is 1640 g/mol.